The monoisotopic (exact) mass is 424 g/mol. The van der Waals surface area contributed by atoms with Crippen LogP contribution in [0.2, 0.25) is 0 Å². The van der Waals surface area contributed by atoms with Gasteiger partial charge in [0.25, 0.3) is 5.91 Å². The minimum absolute atomic E-state index is 0. The molecule has 2 heterocycles. The number of hydrogen-bond acceptors (Lipinski definition) is 3. The summed E-state index contributed by atoms with van der Waals surface area (Å²) < 4.78 is 2.97. The molecule has 4 rings (SSSR count). The van der Waals surface area contributed by atoms with Gasteiger partial charge in [0.1, 0.15) is 0 Å². The zero-order chi connectivity index (χ0) is 16.7. The first kappa shape index (κ1) is 18.4. The van der Waals surface area contributed by atoms with Crippen molar-refractivity contribution in [2.45, 2.75) is 38.1 Å². The summed E-state index contributed by atoms with van der Waals surface area (Å²) in [6.07, 6.45) is 4.76. The Hall–Kier alpha value is -1.37. The molecule has 1 fully saturated rings. The lowest BCUT2D eigenvalue weighted by Crippen LogP contribution is -2.43. The fourth-order valence-electron chi connectivity index (χ4n) is 3.68. The van der Waals surface area contributed by atoms with Crippen molar-refractivity contribution in [2.24, 2.45) is 5.73 Å². The Balaban J connectivity index is 0.00000182. The minimum Gasteiger partial charge on any atom is -0.337 e. The fourth-order valence-corrected chi connectivity index (χ4v) is 4.07. The highest BCUT2D eigenvalue weighted by Gasteiger charge is 2.30. The third-order valence-electron chi connectivity index (χ3n) is 5.01. The normalized spacial score (nSPS) is 17.3. The molecule has 1 amide bonds. The first-order valence-electron chi connectivity index (χ1n) is 8.55. The van der Waals surface area contributed by atoms with Crippen molar-refractivity contribution in [3.63, 3.8) is 0 Å². The van der Waals surface area contributed by atoms with E-state index < -0.39 is 0 Å². The van der Waals surface area contributed by atoms with Crippen LogP contribution in [-0.4, -0.2) is 39.7 Å². The summed E-state index contributed by atoms with van der Waals surface area (Å²) in [5.74, 6) is 0.0637. The molecule has 2 aromatic rings. The standard InChI is InChI=1S/C18H21BrN4O.ClH/c19-12-3-1-4-14(11-12)23-16-6-2-5-15(16)17(21-23)18(24)22-9-7-13(20)8-10-22;/h1,3-4,11,13H,2,5-10,20H2;1H. The van der Waals surface area contributed by atoms with E-state index in [1.165, 1.54) is 5.69 Å². The van der Waals surface area contributed by atoms with E-state index in [0.717, 1.165) is 60.9 Å². The van der Waals surface area contributed by atoms with Crippen LogP contribution in [0.5, 0.6) is 0 Å². The Morgan fingerprint density at radius 1 is 1.24 bits per heavy atom. The maximum absolute atomic E-state index is 13.0. The van der Waals surface area contributed by atoms with E-state index >= 15 is 0 Å². The van der Waals surface area contributed by atoms with E-state index in [1.54, 1.807) is 0 Å². The quantitative estimate of drug-likeness (QED) is 0.804. The second-order valence-corrected chi connectivity index (χ2v) is 7.56. The second-order valence-electron chi connectivity index (χ2n) is 6.65. The summed E-state index contributed by atoms with van der Waals surface area (Å²) in [6, 6.07) is 8.29. The Morgan fingerprint density at radius 3 is 2.72 bits per heavy atom. The maximum Gasteiger partial charge on any atom is 0.274 e. The van der Waals surface area contributed by atoms with Crippen LogP contribution in [0.15, 0.2) is 28.7 Å². The van der Waals surface area contributed by atoms with Crippen LogP contribution < -0.4 is 5.73 Å². The largest absolute Gasteiger partial charge is 0.337 e. The van der Waals surface area contributed by atoms with Gasteiger partial charge in [0.2, 0.25) is 0 Å². The van der Waals surface area contributed by atoms with Gasteiger partial charge in [0.05, 0.1) is 5.69 Å². The van der Waals surface area contributed by atoms with Crippen LogP contribution in [0.3, 0.4) is 0 Å². The first-order valence-corrected chi connectivity index (χ1v) is 9.34. The molecule has 25 heavy (non-hydrogen) atoms. The number of halogens is 2. The number of amides is 1. The van der Waals surface area contributed by atoms with Crippen LogP contribution in [0.1, 0.15) is 41.0 Å². The Bertz CT molecular complexity index is 783. The smallest absolute Gasteiger partial charge is 0.274 e. The third-order valence-corrected chi connectivity index (χ3v) is 5.51. The van der Waals surface area contributed by atoms with Crippen LogP contribution in [0.25, 0.3) is 5.69 Å². The molecule has 0 bridgehead atoms. The van der Waals surface area contributed by atoms with E-state index in [2.05, 4.69) is 15.9 Å². The molecule has 0 atom stereocenters. The van der Waals surface area contributed by atoms with Gasteiger partial charge in [-0.3, -0.25) is 4.79 Å². The highest BCUT2D eigenvalue weighted by atomic mass is 79.9. The van der Waals surface area contributed by atoms with E-state index in [9.17, 15) is 4.79 Å². The highest BCUT2D eigenvalue weighted by Crippen LogP contribution is 2.29. The number of benzene rings is 1. The van der Waals surface area contributed by atoms with Crippen LogP contribution in [0.4, 0.5) is 0 Å². The van der Waals surface area contributed by atoms with Crippen molar-refractivity contribution in [3.8, 4) is 5.69 Å². The summed E-state index contributed by atoms with van der Waals surface area (Å²) in [4.78, 5) is 14.9. The third kappa shape index (κ3) is 3.48. The van der Waals surface area contributed by atoms with E-state index in [4.69, 9.17) is 10.8 Å². The Labute approximate surface area is 162 Å². The highest BCUT2D eigenvalue weighted by molar-refractivity contribution is 9.10. The van der Waals surface area contributed by atoms with Gasteiger partial charge in [-0.25, -0.2) is 4.68 Å². The van der Waals surface area contributed by atoms with Crippen molar-refractivity contribution >= 4 is 34.2 Å². The lowest BCUT2D eigenvalue weighted by molar-refractivity contribution is 0.0707. The van der Waals surface area contributed by atoms with Crippen molar-refractivity contribution in [2.75, 3.05) is 13.1 Å². The van der Waals surface area contributed by atoms with Gasteiger partial charge in [-0.05, 0) is 50.3 Å². The number of nitrogens with two attached hydrogens (primary N) is 1. The van der Waals surface area contributed by atoms with Crippen LogP contribution in [-0.2, 0) is 12.8 Å². The lowest BCUT2D eigenvalue weighted by Gasteiger charge is -2.29. The molecule has 2 aliphatic rings. The first-order chi connectivity index (χ1) is 11.6. The van der Waals surface area contributed by atoms with E-state index in [0.29, 0.717) is 5.69 Å². The molecular formula is C18H22BrClN4O. The molecular weight excluding hydrogens is 404 g/mol. The molecule has 0 saturated carbocycles. The molecule has 134 valence electrons. The van der Waals surface area contributed by atoms with Crippen LogP contribution in [0, 0.1) is 0 Å². The summed E-state index contributed by atoms with van der Waals surface area (Å²) in [7, 11) is 0. The molecule has 0 radical (unpaired) electrons. The van der Waals surface area contributed by atoms with E-state index in [1.807, 2.05) is 33.8 Å². The molecule has 0 spiro atoms. The number of fused-ring (bicyclic) bond motifs is 1. The zero-order valence-electron chi connectivity index (χ0n) is 13.9. The molecule has 2 N–H and O–H groups in total. The lowest BCUT2D eigenvalue weighted by atomic mass is 10.1. The molecule has 5 nitrogen and oxygen atoms in total. The predicted octanol–water partition coefficient (Wildman–Crippen LogP) is 3.11. The summed E-state index contributed by atoms with van der Waals surface area (Å²) in [5.41, 5.74) is 9.92. The van der Waals surface area contributed by atoms with E-state index in [-0.39, 0.29) is 24.4 Å². The molecule has 1 aliphatic carbocycles. The van der Waals surface area contributed by atoms with Crippen molar-refractivity contribution < 1.29 is 4.79 Å². The predicted molar refractivity (Wildman–Crippen MR) is 104 cm³/mol. The fraction of sp³-hybridized carbons (Fsp3) is 0.444. The van der Waals surface area contributed by atoms with Crippen LogP contribution >= 0.6 is 28.3 Å². The topological polar surface area (TPSA) is 64.2 Å². The SMILES string of the molecule is Cl.NC1CCN(C(=O)c2nn(-c3cccc(Br)c3)c3c2CCC3)CC1. The summed E-state index contributed by atoms with van der Waals surface area (Å²) in [5, 5.41) is 4.71. The Kier molecular flexibility index (Phi) is 5.51. The number of hydrogen-bond donors (Lipinski definition) is 1. The van der Waals surface area contributed by atoms with Crippen molar-refractivity contribution in [3.05, 3.63) is 45.7 Å². The van der Waals surface area contributed by atoms with Gasteiger partial charge in [0, 0.05) is 34.9 Å². The Morgan fingerprint density at radius 2 is 2.00 bits per heavy atom. The molecule has 0 unspecified atom stereocenters. The molecule has 1 aromatic heterocycles. The maximum atomic E-state index is 13.0. The second kappa shape index (κ2) is 7.48. The molecule has 1 saturated heterocycles. The zero-order valence-corrected chi connectivity index (χ0v) is 16.4. The number of piperidine rings is 1. The van der Waals surface area contributed by atoms with Gasteiger partial charge in [-0.2, -0.15) is 5.10 Å². The van der Waals surface area contributed by atoms with Gasteiger partial charge in [0.15, 0.2) is 5.69 Å². The number of nitrogens with zero attached hydrogens (tertiary/aromatic N) is 3. The summed E-state index contributed by atoms with van der Waals surface area (Å²) in [6.45, 7) is 1.47. The van der Waals surface area contributed by atoms with Crippen molar-refractivity contribution in [1.29, 1.82) is 0 Å². The number of likely N-dealkylation sites (tertiary alicyclic amines) is 1. The average Bonchev–Trinajstić information content (AvgIpc) is 3.17. The number of rotatable bonds is 2. The van der Waals surface area contributed by atoms with Gasteiger partial charge in [-0.1, -0.05) is 22.0 Å². The van der Waals surface area contributed by atoms with Crippen molar-refractivity contribution in [1.82, 2.24) is 14.7 Å². The molecule has 1 aromatic carbocycles. The number of carbonyl (C=O) groups is 1. The van der Waals surface area contributed by atoms with Gasteiger partial charge < -0.3 is 10.6 Å². The average molecular weight is 426 g/mol. The minimum atomic E-state index is 0. The van der Waals surface area contributed by atoms with Gasteiger partial charge >= 0.3 is 0 Å². The number of carbonyl (C=O) groups excluding carboxylic acids is 1. The molecule has 7 heteroatoms. The number of aromatic nitrogens is 2. The summed E-state index contributed by atoms with van der Waals surface area (Å²) >= 11 is 3.52. The van der Waals surface area contributed by atoms with Gasteiger partial charge in [-0.15, -0.1) is 12.4 Å². The molecule has 1 aliphatic heterocycles.